The van der Waals surface area contributed by atoms with Gasteiger partial charge in [-0.3, -0.25) is 10.1 Å². The van der Waals surface area contributed by atoms with Gasteiger partial charge in [-0.1, -0.05) is 27.7 Å². The summed E-state index contributed by atoms with van der Waals surface area (Å²) in [6.45, 7) is 3.87. The molecule has 0 aliphatic carbocycles. The Hall–Kier alpha value is -1.94. The number of urea groups is 1. The van der Waals surface area contributed by atoms with Crippen molar-refractivity contribution >= 4 is 45.3 Å². The minimum atomic E-state index is -0.582. The molecule has 0 fully saturated rings. The van der Waals surface area contributed by atoms with Crippen molar-refractivity contribution in [3.8, 4) is 0 Å². The first-order valence-electron chi connectivity index (χ1n) is 6.73. The molecule has 0 bridgehead atoms. The smallest absolute Gasteiger partial charge is 0.308 e. The SMILES string of the molecule is CC(C)n1nnnc1SCC(=O)NC(=O)Nc1ccc(Br)cc1. The summed E-state index contributed by atoms with van der Waals surface area (Å²) in [5, 5.41) is 16.6. The number of nitrogens with one attached hydrogen (secondary N) is 2. The number of halogens is 1. The van der Waals surface area contributed by atoms with Gasteiger partial charge < -0.3 is 5.32 Å². The summed E-state index contributed by atoms with van der Waals surface area (Å²) >= 11 is 4.47. The average molecular weight is 399 g/mol. The molecule has 0 radical (unpaired) electrons. The molecule has 2 rings (SSSR count). The fourth-order valence-electron chi connectivity index (χ4n) is 1.59. The van der Waals surface area contributed by atoms with Crippen LogP contribution < -0.4 is 10.6 Å². The van der Waals surface area contributed by atoms with Crippen molar-refractivity contribution in [1.29, 1.82) is 0 Å². The lowest BCUT2D eigenvalue weighted by atomic mass is 10.3. The predicted molar refractivity (Wildman–Crippen MR) is 90.2 cm³/mol. The summed E-state index contributed by atoms with van der Waals surface area (Å²) in [4.78, 5) is 23.5. The highest BCUT2D eigenvalue weighted by Gasteiger charge is 2.13. The Labute approximate surface area is 145 Å². The van der Waals surface area contributed by atoms with Gasteiger partial charge in [0.1, 0.15) is 0 Å². The van der Waals surface area contributed by atoms with Crippen molar-refractivity contribution in [2.24, 2.45) is 0 Å². The summed E-state index contributed by atoms with van der Waals surface area (Å²) < 4.78 is 2.51. The number of thioether (sulfide) groups is 1. The number of amides is 3. The van der Waals surface area contributed by atoms with Crippen molar-refractivity contribution in [3.05, 3.63) is 28.7 Å². The Balaban J connectivity index is 1.81. The van der Waals surface area contributed by atoms with Gasteiger partial charge in [-0.2, -0.15) is 0 Å². The number of tetrazole rings is 1. The van der Waals surface area contributed by atoms with Gasteiger partial charge in [-0.05, 0) is 48.5 Å². The molecule has 0 spiro atoms. The average Bonchev–Trinajstić information content (AvgIpc) is 2.96. The Kier molecular flexibility index (Phi) is 6.11. The number of hydrogen-bond donors (Lipinski definition) is 2. The van der Waals surface area contributed by atoms with E-state index in [0.29, 0.717) is 10.8 Å². The third-order valence-corrected chi connectivity index (χ3v) is 4.10. The van der Waals surface area contributed by atoms with Crippen molar-refractivity contribution in [3.63, 3.8) is 0 Å². The van der Waals surface area contributed by atoms with Crippen LogP contribution >= 0.6 is 27.7 Å². The molecule has 0 unspecified atom stereocenters. The maximum Gasteiger partial charge on any atom is 0.325 e. The van der Waals surface area contributed by atoms with Crippen LogP contribution in [-0.4, -0.2) is 37.9 Å². The number of aromatic nitrogens is 4. The van der Waals surface area contributed by atoms with Crippen LogP contribution in [0.3, 0.4) is 0 Å². The molecule has 2 N–H and O–H groups in total. The van der Waals surface area contributed by atoms with Crippen molar-refractivity contribution < 1.29 is 9.59 Å². The summed E-state index contributed by atoms with van der Waals surface area (Å²) in [7, 11) is 0. The molecule has 2 aromatic rings. The van der Waals surface area contributed by atoms with Gasteiger partial charge >= 0.3 is 6.03 Å². The van der Waals surface area contributed by atoms with Crippen LogP contribution in [-0.2, 0) is 4.79 Å². The maximum atomic E-state index is 11.8. The third-order valence-electron chi connectivity index (χ3n) is 2.64. The van der Waals surface area contributed by atoms with Crippen LogP contribution in [0.15, 0.2) is 33.9 Å². The van der Waals surface area contributed by atoms with E-state index in [1.54, 1.807) is 28.9 Å². The molecular formula is C13H15BrN6O2S. The highest BCUT2D eigenvalue weighted by molar-refractivity contribution is 9.10. The largest absolute Gasteiger partial charge is 0.325 e. The molecule has 8 nitrogen and oxygen atoms in total. The van der Waals surface area contributed by atoms with E-state index in [0.717, 1.165) is 4.47 Å². The van der Waals surface area contributed by atoms with Crippen LogP contribution in [0.2, 0.25) is 0 Å². The van der Waals surface area contributed by atoms with Crippen LogP contribution in [0.4, 0.5) is 10.5 Å². The van der Waals surface area contributed by atoms with Gasteiger partial charge in [0.25, 0.3) is 0 Å². The van der Waals surface area contributed by atoms with E-state index in [1.807, 2.05) is 13.8 Å². The number of carbonyl (C=O) groups excluding carboxylic acids is 2. The molecular weight excluding hydrogens is 384 g/mol. The number of nitrogens with zero attached hydrogens (tertiary/aromatic N) is 4. The summed E-state index contributed by atoms with van der Waals surface area (Å²) in [6.07, 6.45) is 0. The zero-order valence-electron chi connectivity index (χ0n) is 12.5. The number of imide groups is 1. The van der Waals surface area contributed by atoms with Crippen LogP contribution in [0, 0.1) is 0 Å². The summed E-state index contributed by atoms with van der Waals surface area (Å²) in [5.74, 6) is -0.385. The zero-order chi connectivity index (χ0) is 16.8. The van der Waals surface area contributed by atoms with E-state index < -0.39 is 11.9 Å². The van der Waals surface area contributed by atoms with E-state index in [-0.39, 0.29) is 11.8 Å². The quantitative estimate of drug-likeness (QED) is 0.749. The van der Waals surface area contributed by atoms with E-state index in [2.05, 4.69) is 42.1 Å². The molecule has 0 aliphatic rings. The number of anilines is 1. The Bertz CT molecular complexity index is 688. The normalized spacial score (nSPS) is 10.6. The Morgan fingerprint density at radius 2 is 2.00 bits per heavy atom. The second kappa shape index (κ2) is 8.06. The molecule has 0 aliphatic heterocycles. The lowest BCUT2D eigenvalue weighted by Crippen LogP contribution is -2.35. The van der Waals surface area contributed by atoms with Crippen LogP contribution in [0.25, 0.3) is 0 Å². The number of rotatable bonds is 5. The van der Waals surface area contributed by atoms with E-state index >= 15 is 0 Å². The zero-order valence-corrected chi connectivity index (χ0v) is 14.9. The minimum Gasteiger partial charge on any atom is -0.308 e. The maximum absolute atomic E-state index is 11.8. The highest BCUT2D eigenvalue weighted by atomic mass is 79.9. The first-order chi connectivity index (χ1) is 11.0. The lowest BCUT2D eigenvalue weighted by molar-refractivity contribution is -0.117. The third kappa shape index (κ3) is 5.32. The highest BCUT2D eigenvalue weighted by Crippen LogP contribution is 2.17. The predicted octanol–water partition coefficient (Wildman–Crippen LogP) is 2.46. The summed E-state index contributed by atoms with van der Waals surface area (Å²) in [5.41, 5.74) is 0.593. The van der Waals surface area contributed by atoms with Gasteiger partial charge in [0.15, 0.2) is 0 Å². The standard InChI is InChI=1S/C13H15BrN6O2S/c1-8(2)20-13(17-18-19-20)23-7-11(21)16-12(22)15-10-5-3-9(14)4-6-10/h3-6,8H,7H2,1-2H3,(H2,15,16,21,22). The van der Waals surface area contributed by atoms with Gasteiger partial charge in [0, 0.05) is 10.2 Å². The molecule has 3 amide bonds. The van der Waals surface area contributed by atoms with Crippen LogP contribution in [0.5, 0.6) is 0 Å². The fourth-order valence-corrected chi connectivity index (χ4v) is 2.66. The van der Waals surface area contributed by atoms with Gasteiger partial charge in [-0.25, -0.2) is 9.48 Å². The Morgan fingerprint density at radius 1 is 1.30 bits per heavy atom. The molecule has 0 atom stereocenters. The van der Waals surface area contributed by atoms with E-state index in [1.165, 1.54) is 11.8 Å². The van der Waals surface area contributed by atoms with Crippen molar-refractivity contribution in [2.45, 2.75) is 25.0 Å². The monoisotopic (exact) mass is 398 g/mol. The molecule has 23 heavy (non-hydrogen) atoms. The van der Waals surface area contributed by atoms with E-state index in [9.17, 15) is 9.59 Å². The molecule has 0 saturated carbocycles. The molecule has 1 heterocycles. The fraction of sp³-hybridized carbons (Fsp3) is 0.308. The number of benzene rings is 1. The second-order valence-corrected chi connectivity index (χ2v) is 6.66. The topological polar surface area (TPSA) is 102 Å². The summed E-state index contributed by atoms with van der Waals surface area (Å²) in [6, 6.07) is 6.54. The number of hydrogen-bond acceptors (Lipinski definition) is 6. The second-order valence-electron chi connectivity index (χ2n) is 4.80. The first kappa shape index (κ1) is 17.4. The molecule has 0 saturated heterocycles. The van der Waals surface area contributed by atoms with E-state index in [4.69, 9.17) is 0 Å². The van der Waals surface area contributed by atoms with Gasteiger partial charge in [-0.15, -0.1) is 5.10 Å². The molecule has 10 heteroatoms. The molecule has 1 aromatic carbocycles. The minimum absolute atomic E-state index is 0.0425. The van der Waals surface area contributed by atoms with Crippen LogP contribution in [0.1, 0.15) is 19.9 Å². The molecule has 122 valence electrons. The van der Waals surface area contributed by atoms with Gasteiger partial charge in [0.05, 0.1) is 11.8 Å². The van der Waals surface area contributed by atoms with Gasteiger partial charge in [0.2, 0.25) is 11.1 Å². The Morgan fingerprint density at radius 3 is 2.65 bits per heavy atom. The van der Waals surface area contributed by atoms with Crippen molar-refractivity contribution in [2.75, 3.05) is 11.1 Å². The lowest BCUT2D eigenvalue weighted by Gasteiger charge is -2.08. The number of carbonyl (C=O) groups is 2. The molecule has 1 aromatic heterocycles. The van der Waals surface area contributed by atoms with Crippen molar-refractivity contribution in [1.82, 2.24) is 25.5 Å². The first-order valence-corrected chi connectivity index (χ1v) is 8.50.